The molecule has 0 bridgehead atoms. The normalized spacial score (nSPS) is 15.6. The quantitative estimate of drug-likeness (QED) is 0.854. The third-order valence-electron chi connectivity index (χ3n) is 3.03. The molecule has 4 heteroatoms. The molecule has 1 aromatic carbocycles. The molecule has 0 radical (unpaired) electrons. The average molecular weight is 245 g/mol. The molecule has 0 aromatic heterocycles. The summed E-state index contributed by atoms with van der Waals surface area (Å²) in [6.45, 7) is 3.99. The zero-order chi connectivity index (χ0) is 13.1. The Hall–Kier alpha value is -1.03. The van der Waals surface area contributed by atoms with Crippen molar-refractivity contribution in [2.45, 2.75) is 44.8 Å². The van der Waals surface area contributed by atoms with Crippen LogP contribution in [0.3, 0.4) is 0 Å². The number of nitrogens with two attached hydrogens (primary N) is 1. The van der Waals surface area contributed by atoms with E-state index in [1.807, 2.05) is 13.8 Å². The maximum absolute atomic E-state index is 12.4. The molecule has 1 rings (SSSR count). The third kappa shape index (κ3) is 3.73. The van der Waals surface area contributed by atoms with Gasteiger partial charge in [0.1, 0.15) is 0 Å². The topological polar surface area (TPSA) is 26.0 Å². The Labute approximate surface area is 99.8 Å². The molecule has 0 saturated heterocycles. The van der Waals surface area contributed by atoms with Gasteiger partial charge < -0.3 is 5.73 Å². The molecule has 0 aliphatic rings. The summed E-state index contributed by atoms with van der Waals surface area (Å²) >= 11 is 0. The molecule has 0 fully saturated rings. The Balaban J connectivity index is 2.80. The number of hydrogen-bond donors (Lipinski definition) is 1. The van der Waals surface area contributed by atoms with Gasteiger partial charge in [0, 0.05) is 6.04 Å². The van der Waals surface area contributed by atoms with Crippen LogP contribution < -0.4 is 5.73 Å². The highest BCUT2D eigenvalue weighted by atomic mass is 19.4. The molecule has 2 atom stereocenters. The second kappa shape index (κ2) is 5.54. The van der Waals surface area contributed by atoms with Gasteiger partial charge in [-0.25, -0.2) is 0 Å². The van der Waals surface area contributed by atoms with E-state index in [-0.39, 0.29) is 12.0 Å². The second-order valence-electron chi connectivity index (χ2n) is 4.36. The fraction of sp³-hybridized carbons (Fsp3) is 0.538. The van der Waals surface area contributed by atoms with Crippen molar-refractivity contribution in [3.8, 4) is 0 Å². The molecule has 0 amide bonds. The zero-order valence-corrected chi connectivity index (χ0v) is 10.1. The van der Waals surface area contributed by atoms with Gasteiger partial charge in [-0.1, -0.05) is 32.4 Å². The van der Waals surface area contributed by atoms with E-state index in [1.165, 1.54) is 12.1 Å². The number of halogens is 3. The SMILES string of the molecule is CCCC(N)C(C)c1ccc(C(F)(F)F)cc1. The first-order valence-corrected chi connectivity index (χ1v) is 5.79. The van der Waals surface area contributed by atoms with Crippen molar-refractivity contribution in [2.24, 2.45) is 5.73 Å². The first-order chi connectivity index (χ1) is 7.86. The van der Waals surface area contributed by atoms with E-state index in [0.29, 0.717) is 0 Å². The summed E-state index contributed by atoms with van der Waals surface area (Å²) in [4.78, 5) is 0. The molecule has 0 saturated carbocycles. The standard InChI is InChI=1S/C13H18F3N/c1-3-4-12(17)9(2)10-5-7-11(8-6-10)13(14,15)16/h5-9,12H,3-4,17H2,1-2H3. The molecular weight excluding hydrogens is 227 g/mol. The summed E-state index contributed by atoms with van der Waals surface area (Å²) in [5, 5.41) is 0. The Morgan fingerprint density at radius 2 is 1.71 bits per heavy atom. The van der Waals surface area contributed by atoms with Crippen LogP contribution in [0, 0.1) is 0 Å². The predicted molar refractivity (Wildman–Crippen MR) is 62.7 cm³/mol. The van der Waals surface area contributed by atoms with Gasteiger partial charge in [-0.3, -0.25) is 0 Å². The smallest absolute Gasteiger partial charge is 0.327 e. The molecule has 17 heavy (non-hydrogen) atoms. The maximum Gasteiger partial charge on any atom is 0.416 e. The zero-order valence-electron chi connectivity index (χ0n) is 10.1. The van der Waals surface area contributed by atoms with Crippen LogP contribution in [-0.4, -0.2) is 6.04 Å². The number of alkyl halides is 3. The molecule has 0 aliphatic heterocycles. The lowest BCUT2D eigenvalue weighted by Crippen LogP contribution is -2.26. The van der Waals surface area contributed by atoms with Gasteiger partial charge >= 0.3 is 6.18 Å². The van der Waals surface area contributed by atoms with Crippen molar-refractivity contribution in [1.29, 1.82) is 0 Å². The summed E-state index contributed by atoms with van der Waals surface area (Å²) < 4.78 is 37.1. The summed E-state index contributed by atoms with van der Waals surface area (Å²) in [7, 11) is 0. The van der Waals surface area contributed by atoms with Crippen molar-refractivity contribution in [1.82, 2.24) is 0 Å². The number of hydrogen-bond acceptors (Lipinski definition) is 1. The summed E-state index contributed by atoms with van der Waals surface area (Å²) in [6.07, 6.45) is -2.42. The lowest BCUT2D eigenvalue weighted by Gasteiger charge is -2.20. The maximum atomic E-state index is 12.4. The Bertz CT molecular complexity index is 343. The lowest BCUT2D eigenvalue weighted by molar-refractivity contribution is -0.137. The second-order valence-corrected chi connectivity index (χ2v) is 4.36. The van der Waals surface area contributed by atoms with Gasteiger partial charge in [0.15, 0.2) is 0 Å². The summed E-state index contributed by atoms with van der Waals surface area (Å²) in [5.74, 6) is 0.0808. The van der Waals surface area contributed by atoms with Crippen molar-refractivity contribution in [3.63, 3.8) is 0 Å². The van der Waals surface area contributed by atoms with Crippen LogP contribution in [0.25, 0.3) is 0 Å². The predicted octanol–water partition coefficient (Wildman–Crippen LogP) is 3.94. The van der Waals surface area contributed by atoms with E-state index in [4.69, 9.17) is 5.73 Å². The minimum absolute atomic E-state index is 0.00302. The van der Waals surface area contributed by atoms with E-state index in [2.05, 4.69) is 0 Å². The third-order valence-corrected chi connectivity index (χ3v) is 3.03. The first kappa shape index (κ1) is 14.0. The fourth-order valence-corrected chi connectivity index (χ4v) is 1.81. The first-order valence-electron chi connectivity index (χ1n) is 5.79. The Kier molecular flexibility index (Phi) is 4.57. The highest BCUT2D eigenvalue weighted by molar-refractivity contribution is 5.27. The molecular formula is C13H18F3N. The summed E-state index contributed by atoms with van der Waals surface area (Å²) in [6, 6.07) is 5.26. The molecule has 0 aliphatic carbocycles. The van der Waals surface area contributed by atoms with Crippen LogP contribution >= 0.6 is 0 Å². The lowest BCUT2D eigenvalue weighted by atomic mass is 9.91. The van der Waals surface area contributed by atoms with Gasteiger partial charge in [-0.05, 0) is 30.0 Å². The van der Waals surface area contributed by atoms with Gasteiger partial charge in [-0.2, -0.15) is 13.2 Å². The highest BCUT2D eigenvalue weighted by Crippen LogP contribution is 2.30. The van der Waals surface area contributed by atoms with E-state index >= 15 is 0 Å². The van der Waals surface area contributed by atoms with Crippen molar-refractivity contribution in [2.75, 3.05) is 0 Å². The van der Waals surface area contributed by atoms with Crippen molar-refractivity contribution < 1.29 is 13.2 Å². The van der Waals surface area contributed by atoms with E-state index in [9.17, 15) is 13.2 Å². The monoisotopic (exact) mass is 245 g/mol. The van der Waals surface area contributed by atoms with Gasteiger partial charge in [0.2, 0.25) is 0 Å². The molecule has 0 spiro atoms. The van der Waals surface area contributed by atoms with Gasteiger partial charge in [0.05, 0.1) is 5.56 Å². The molecule has 1 aromatic rings. The summed E-state index contributed by atoms with van der Waals surface area (Å²) in [5.41, 5.74) is 6.21. The van der Waals surface area contributed by atoms with E-state index in [1.54, 1.807) is 0 Å². The van der Waals surface area contributed by atoms with Crippen LogP contribution in [0.5, 0.6) is 0 Å². The Morgan fingerprint density at radius 1 is 1.18 bits per heavy atom. The average Bonchev–Trinajstić information content (AvgIpc) is 2.27. The van der Waals surface area contributed by atoms with Gasteiger partial charge in [0.25, 0.3) is 0 Å². The molecule has 0 heterocycles. The molecule has 96 valence electrons. The number of benzene rings is 1. The van der Waals surface area contributed by atoms with Crippen molar-refractivity contribution >= 4 is 0 Å². The van der Waals surface area contributed by atoms with Crippen LogP contribution in [0.15, 0.2) is 24.3 Å². The fourth-order valence-electron chi connectivity index (χ4n) is 1.81. The highest BCUT2D eigenvalue weighted by Gasteiger charge is 2.30. The van der Waals surface area contributed by atoms with Crippen LogP contribution in [0.4, 0.5) is 13.2 Å². The van der Waals surface area contributed by atoms with Crippen LogP contribution in [-0.2, 0) is 6.18 Å². The van der Waals surface area contributed by atoms with Gasteiger partial charge in [-0.15, -0.1) is 0 Å². The minimum atomic E-state index is -4.27. The van der Waals surface area contributed by atoms with Crippen LogP contribution in [0.1, 0.15) is 43.7 Å². The molecule has 1 nitrogen and oxygen atoms in total. The van der Waals surface area contributed by atoms with Crippen molar-refractivity contribution in [3.05, 3.63) is 35.4 Å². The van der Waals surface area contributed by atoms with Crippen LogP contribution in [0.2, 0.25) is 0 Å². The minimum Gasteiger partial charge on any atom is -0.327 e. The number of rotatable bonds is 4. The van der Waals surface area contributed by atoms with E-state index in [0.717, 1.165) is 30.5 Å². The molecule has 2 N–H and O–H groups in total. The van der Waals surface area contributed by atoms with E-state index < -0.39 is 11.7 Å². The molecule has 2 unspecified atom stereocenters. The largest absolute Gasteiger partial charge is 0.416 e. The Morgan fingerprint density at radius 3 is 2.12 bits per heavy atom.